The first-order chi connectivity index (χ1) is 10.7. The molecule has 0 amide bonds. The van der Waals surface area contributed by atoms with E-state index in [9.17, 15) is 0 Å². The second kappa shape index (κ2) is 7.42. The Kier molecular flexibility index (Phi) is 5.55. The number of hydrogen-bond donors (Lipinski definition) is 1. The monoisotopic (exact) mass is 331 g/mol. The minimum atomic E-state index is 0. The van der Waals surface area contributed by atoms with Gasteiger partial charge in [-0.05, 0) is 12.5 Å². The SMILES string of the molecule is CCN=c1ncn(Cc2ccccc2)c2nc(C(C)C)[nH]c12.Cl. The van der Waals surface area contributed by atoms with Crippen LogP contribution in [0.5, 0.6) is 0 Å². The molecule has 1 aromatic carbocycles. The van der Waals surface area contributed by atoms with E-state index in [1.54, 1.807) is 0 Å². The molecule has 6 heteroatoms. The molecular weight excluding hydrogens is 310 g/mol. The number of hydrogen-bond acceptors (Lipinski definition) is 3. The summed E-state index contributed by atoms with van der Waals surface area (Å²) in [4.78, 5) is 17.1. The Labute approximate surface area is 141 Å². The van der Waals surface area contributed by atoms with Crippen LogP contribution in [0.4, 0.5) is 0 Å². The minimum Gasteiger partial charge on any atom is -0.337 e. The van der Waals surface area contributed by atoms with Crippen LogP contribution in [0.1, 0.15) is 38.1 Å². The van der Waals surface area contributed by atoms with Gasteiger partial charge in [-0.1, -0.05) is 44.2 Å². The highest BCUT2D eigenvalue weighted by Gasteiger charge is 2.11. The van der Waals surface area contributed by atoms with Crippen molar-refractivity contribution in [2.24, 2.45) is 4.99 Å². The van der Waals surface area contributed by atoms with Gasteiger partial charge in [0.25, 0.3) is 0 Å². The Hall–Kier alpha value is -2.14. The lowest BCUT2D eigenvalue weighted by molar-refractivity contribution is 0.771. The lowest BCUT2D eigenvalue weighted by atomic mass is 10.2. The normalized spacial score (nSPS) is 11.9. The molecule has 0 saturated carbocycles. The summed E-state index contributed by atoms with van der Waals surface area (Å²) in [5.74, 6) is 1.31. The molecule has 5 nitrogen and oxygen atoms in total. The molecule has 122 valence electrons. The van der Waals surface area contributed by atoms with E-state index in [-0.39, 0.29) is 12.4 Å². The summed E-state index contributed by atoms with van der Waals surface area (Å²) in [6.45, 7) is 7.73. The predicted molar refractivity (Wildman–Crippen MR) is 94.9 cm³/mol. The van der Waals surface area contributed by atoms with Gasteiger partial charge in [0.05, 0.1) is 12.9 Å². The summed E-state index contributed by atoms with van der Waals surface area (Å²) in [5, 5.41) is 0. The number of imidazole rings is 1. The minimum absolute atomic E-state index is 0. The molecule has 0 aliphatic carbocycles. The van der Waals surface area contributed by atoms with Crippen LogP contribution >= 0.6 is 12.4 Å². The molecule has 0 aliphatic rings. The van der Waals surface area contributed by atoms with Gasteiger partial charge in [-0.3, -0.25) is 4.99 Å². The third kappa shape index (κ3) is 3.62. The van der Waals surface area contributed by atoms with Crippen molar-refractivity contribution in [3.05, 3.63) is 53.5 Å². The van der Waals surface area contributed by atoms with Gasteiger partial charge in [0.2, 0.25) is 0 Å². The number of rotatable bonds is 4. The average molecular weight is 332 g/mol. The summed E-state index contributed by atoms with van der Waals surface area (Å²) in [6.07, 6.45) is 1.83. The number of aromatic amines is 1. The van der Waals surface area contributed by atoms with Crippen molar-refractivity contribution >= 4 is 23.6 Å². The maximum absolute atomic E-state index is 4.76. The van der Waals surface area contributed by atoms with Crippen LogP contribution < -0.4 is 5.49 Å². The molecule has 0 spiro atoms. The van der Waals surface area contributed by atoms with E-state index in [0.717, 1.165) is 29.0 Å². The average Bonchev–Trinajstić information content (AvgIpc) is 2.97. The van der Waals surface area contributed by atoms with Crippen LogP contribution in [0, 0.1) is 0 Å². The zero-order valence-corrected chi connectivity index (χ0v) is 14.5. The molecule has 3 aromatic rings. The van der Waals surface area contributed by atoms with Crippen molar-refractivity contribution in [3.63, 3.8) is 0 Å². The quantitative estimate of drug-likeness (QED) is 0.797. The largest absolute Gasteiger partial charge is 0.337 e. The topological polar surface area (TPSA) is 58.9 Å². The molecule has 0 fully saturated rings. The molecular formula is C17H22ClN5. The van der Waals surface area contributed by atoms with Gasteiger partial charge in [-0.15, -0.1) is 12.4 Å². The van der Waals surface area contributed by atoms with E-state index in [0.29, 0.717) is 12.5 Å². The number of nitrogens with one attached hydrogen (secondary N) is 1. The fraction of sp³-hybridized carbons (Fsp3) is 0.353. The molecule has 0 aliphatic heterocycles. The van der Waals surface area contributed by atoms with Gasteiger partial charge < -0.3 is 9.55 Å². The smallest absolute Gasteiger partial charge is 0.176 e. The fourth-order valence-electron chi connectivity index (χ4n) is 2.43. The first-order valence-corrected chi connectivity index (χ1v) is 7.68. The summed E-state index contributed by atoms with van der Waals surface area (Å²) < 4.78 is 2.07. The van der Waals surface area contributed by atoms with Crippen LogP contribution in [-0.4, -0.2) is 26.1 Å². The van der Waals surface area contributed by atoms with Crippen molar-refractivity contribution in [1.82, 2.24) is 19.5 Å². The Bertz CT molecular complexity index is 833. The molecule has 23 heavy (non-hydrogen) atoms. The van der Waals surface area contributed by atoms with Gasteiger partial charge >= 0.3 is 0 Å². The van der Waals surface area contributed by atoms with E-state index < -0.39 is 0 Å². The van der Waals surface area contributed by atoms with Crippen LogP contribution in [0.15, 0.2) is 41.7 Å². The molecule has 0 radical (unpaired) electrons. The van der Waals surface area contributed by atoms with E-state index in [4.69, 9.17) is 4.98 Å². The highest BCUT2D eigenvalue weighted by atomic mass is 35.5. The second-order valence-corrected chi connectivity index (χ2v) is 5.63. The van der Waals surface area contributed by atoms with Crippen molar-refractivity contribution in [2.45, 2.75) is 33.2 Å². The molecule has 2 heterocycles. The first kappa shape index (κ1) is 17.2. The van der Waals surface area contributed by atoms with Gasteiger partial charge in [-0.25, -0.2) is 9.97 Å². The molecule has 2 aromatic heterocycles. The van der Waals surface area contributed by atoms with Crippen molar-refractivity contribution in [3.8, 4) is 0 Å². The predicted octanol–water partition coefficient (Wildman–Crippen LogP) is 3.27. The first-order valence-electron chi connectivity index (χ1n) is 7.68. The van der Waals surface area contributed by atoms with Crippen molar-refractivity contribution in [2.75, 3.05) is 6.54 Å². The number of H-pyrrole nitrogens is 1. The van der Waals surface area contributed by atoms with Gasteiger partial charge in [-0.2, -0.15) is 0 Å². The summed E-state index contributed by atoms with van der Waals surface area (Å²) >= 11 is 0. The van der Waals surface area contributed by atoms with E-state index >= 15 is 0 Å². The molecule has 0 atom stereocenters. The van der Waals surface area contributed by atoms with Crippen LogP contribution in [0.2, 0.25) is 0 Å². The highest BCUT2D eigenvalue weighted by molar-refractivity contribution is 5.85. The lowest BCUT2D eigenvalue weighted by Gasteiger charge is -2.07. The van der Waals surface area contributed by atoms with Gasteiger partial charge in [0.1, 0.15) is 11.3 Å². The van der Waals surface area contributed by atoms with Crippen molar-refractivity contribution in [1.29, 1.82) is 0 Å². The summed E-state index contributed by atoms with van der Waals surface area (Å²) in [7, 11) is 0. The zero-order valence-electron chi connectivity index (χ0n) is 13.7. The zero-order chi connectivity index (χ0) is 15.5. The Morgan fingerprint density at radius 2 is 1.96 bits per heavy atom. The highest BCUT2D eigenvalue weighted by Crippen LogP contribution is 2.15. The second-order valence-electron chi connectivity index (χ2n) is 5.63. The Morgan fingerprint density at radius 3 is 2.61 bits per heavy atom. The van der Waals surface area contributed by atoms with Gasteiger partial charge in [0.15, 0.2) is 11.1 Å². The molecule has 3 rings (SSSR count). The van der Waals surface area contributed by atoms with Crippen LogP contribution in [0.3, 0.4) is 0 Å². The maximum Gasteiger partial charge on any atom is 0.176 e. The molecule has 0 unspecified atom stereocenters. The standard InChI is InChI=1S/C17H21N5.ClH/c1-4-18-16-14-17(21-15(20-14)12(2)3)22(11-19-16)10-13-8-6-5-7-9-13;/h5-9,11-12H,4,10H2,1-3H3,(H,20,21);1H. The number of fused-ring (bicyclic) bond motifs is 1. The number of nitrogens with zero attached hydrogens (tertiary/aromatic N) is 4. The lowest BCUT2D eigenvalue weighted by Crippen LogP contribution is -2.15. The Balaban J connectivity index is 0.00000192. The maximum atomic E-state index is 4.76. The molecule has 0 bridgehead atoms. The molecule has 1 N–H and O–H groups in total. The fourth-order valence-corrected chi connectivity index (χ4v) is 2.43. The third-order valence-electron chi connectivity index (χ3n) is 3.57. The number of halogens is 1. The number of aromatic nitrogens is 4. The summed E-state index contributed by atoms with van der Waals surface area (Å²) in [6, 6.07) is 10.3. The van der Waals surface area contributed by atoms with Crippen LogP contribution in [0.25, 0.3) is 11.2 Å². The summed E-state index contributed by atoms with van der Waals surface area (Å²) in [5.41, 5.74) is 3.80. The van der Waals surface area contributed by atoms with E-state index in [2.05, 4.69) is 45.5 Å². The van der Waals surface area contributed by atoms with E-state index in [1.807, 2.05) is 31.5 Å². The Morgan fingerprint density at radius 1 is 1.22 bits per heavy atom. The van der Waals surface area contributed by atoms with Crippen molar-refractivity contribution < 1.29 is 0 Å². The third-order valence-corrected chi connectivity index (χ3v) is 3.57. The molecule has 0 saturated heterocycles. The van der Waals surface area contributed by atoms with Crippen LogP contribution in [-0.2, 0) is 6.54 Å². The van der Waals surface area contributed by atoms with Gasteiger partial charge in [0, 0.05) is 12.5 Å². The number of benzene rings is 1. The van der Waals surface area contributed by atoms with E-state index in [1.165, 1.54) is 5.56 Å².